The molecule has 0 aromatic heterocycles. The van der Waals surface area contributed by atoms with Gasteiger partial charge in [0.25, 0.3) is 0 Å². The maximum atomic E-state index is 10.2. The van der Waals surface area contributed by atoms with Crippen molar-refractivity contribution in [1.82, 2.24) is 5.32 Å². The van der Waals surface area contributed by atoms with Crippen LogP contribution in [0.5, 0.6) is 0 Å². The summed E-state index contributed by atoms with van der Waals surface area (Å²) < 4.78 is 10.2. The van der Waals surface area contributed by atoms with Gasteiger partial charge in [-0.3, -0.25) is 4.57 Å². The first kappa shape index (κ1) is 10.1. The first-order valence-corrected chi connectivity index (χ1v) is 4.72. The van der Waals surface area contributed by atoms with Crippen molar-refractivity contribution < 1.29 is 14.4 Å². The second-order valence-corrected chi connectivity index (χ2v) is 3.90. The quantitative estimate of drug-likeness (QED) is 0.406. The minimum Gasteiger partial charge on any atom is -0.327 e. The van der Waals surface area contributed by atoms with Crippen molar-refractivity contribution in [3.05, 3.63) is 0 Å². The molecule has 5 N–H and O–H groups in total. The summed E-state index contributed by atoms with van der Waals surface area (Å²) in [7, 11) is -3.89. The van der Waals surface area contributed by atoms with E-state index in [2.05, 4.69) is 5.32 Å². The summed E-state index contributed by atoms with van der Waals surface area (Å²) in [6.07, 6.45) is -0.297. The lowest BCUT2D eigenvalue weighted by molar-refractivity contribution is 0.367. The van der Waals surface area contributed by atoms with Crippen molar-refractivity contribution in [1.29, 1.82) is 0 Å². The van der Waals surface area contributed by atoms with E-state index in [0.29, 0.717) is 6.54 Å². The zero-order valence-corrected chi connectivity index (χ0v) is 6.71. The smallest absolute Gasteiger partial charge is 0.327 e. The number of hydrogen-bond acceptors (Lipinski definition) is 3. The Hall–Kier alpha value is 0.0700. The van der Waals surface area contributed by atoms with Crippen molar-refractivity contribution in [2.75, 3.05) is 12.8 Å². The molecule has 0 aromatic carbocycles. The number of rotatable bonds is 4. The molecule has 0 aliphatic rings. The van der Waals surface area contributed by atoms with E-state index in [0.717, 1.165) is 0 Å². The van der Waals surface area contributed by atoms with E-state index in [-0.39, 0.29) is 12.3 Å². The molecular formula is C4H13N2O3P. The zero-order valence-electron chi connectivity index (χ0n) is 5.82. The van der Waals surface area contributed by atoms with Crippen LogP contribution in [0.2, 0.25) is 0 Å². The highest BCUT2D eigenvalue weighted by Gasteiger charge is 2.10. The lowest BCUT2D eigenvalue weighted by atomic mass is 10.4. The predicted molar refractivity (Wildman–Crippen MR) is 38.6 cm³/mol. The van der Waals surface area contributed by atoms with Gasteiger partial charge >= 0.3 is 7.60 Å². The van der Waals surface area contributed by atoms with Crippen molar-refractivity contribution in [2.45, 2.75) is 13.0 Å². The summed E-state index contributed by atoms with van der Waals surface area (Å²) >= 11 is 0. The van der Waals surface area contributed by atoms with E-state index in [9.17, 15) is 4.57 Å². The lowest BCUT2D eigenvalue weighted by Gasteiger charge is -2.07. The fraction of sp³-hybridized carbons (Fsp3) is 1.00. The van der Waals surface area contributed by atoms with Crippen LogP contribution < -0.4 is 11.1 Å². The number of hydrogen-bond donors (Lipinski definition) is 4. The van der Waals surface area contributed by atoms with Gasteiger partial charge in [0.2, 0.25) is 0 Å². The molecular weight excluding hydrogens is 155 g/mol. The van der Waals surface area contributed by atoms with Crippen LogP contribution in [0.1, 0.15) is 6.92 Å². The molecule has 6 heteroatoms. The molecule has 0 aliphatic heterocycles. The summed E-state index contributed by atoms with van der Waals surface area (Å²) in [5.41, 5.74) is 5.31. The Kier molecular flexibility index (Phi) is 4.08. The van der Waals surface area contributed by atoms with Crippen LogP contribution in [0.15, 0.2) is 0 Å². The standard InChI is InChI=1S/C4H13N2O3P/c1-4(5)2-6-3-10(7,8)9/h4,6H,2-3,5H2,1H3,(H2,7,8,9). The third kappa shape index (κ3) is 8.07. The van der Waals surface area contributed by atoms with Crippen molar-refractivity contribution >= 4 is 7.60 Å². The first-order chi connectivity index (χ1) is 4.42. The van der Waals surface area contributed by atoms with E-state index in [1.807, 2.05) is 0 Å². The van der Waals surface area contributed by atoms with Crippen LogP contribution in [0.4, 0.5) is 0 Å². The summed E-state index contributed by atoms with van der Waals surface area (Å²) in [4.78, 5) is 16.7. The van der Waals surface area contributed by atoms with E-state index in [1.54, 1.807) is 6.92 Å². The Bertz CT molecular complexity index is 132. The second kappa shape index (κ2) is 4.05. The van der Waals surface area contributed by atoms with E-state index < -0.39 is 7.60 Å². The van der Waals surface area contributed by atoms with E-state index in [1.165, 1.54) is 0 Å². The molecule has 0 radical (unpaired) electrons. The Labute approximate surface area is 59.8 Å². The van der Waals surface area contributed by atoms with Crippen LogP contribution >= 0.6 is 7.60 Å². The molecule has 10 heavy (non-hydrogen) atoms. The minimum absolute atomic E-state index is 0.0773. The topological polar surface area (TPSA) is 95.6 Å². The summed E-state index contributed by atoms with van der Waals surface area (Å²) in [5.74, 6) is 0. The van der Waals surface area contributed by atoms with E-state index in [4.69, 9.17) is 15.5 Å². The Balaban J connectivity index is 3.30. The van der Waals surface area contributed by atoms with Crippen molar-refractivity contribution in [3.8, 4) is 0 Å². The van der Waals surface area contributed by atoms with Gasteiger partial charge in [-0.25, -0.2) is 0 Å². The molecule has 0 spiro atoms. The highest BCUT2D eigenvalue weighted by Crippen LogP contribution is 2.31. The lowest BCUT2D eigenvalue weighted by Crippen LogP contribution is -2.31. The second-order valence-electron chi connectivity index (χ2n) is 2.25. The average molecular weight is 168 g/mol. The third-order valence-corrected chi connectivity index (χ3v) is 1.42. The van der Waals surface area contributed by atoms with Gasteiger partial charge in [0.15, 0.2) is 0 Å². The molecule has 0 amide bonds. The highest BCUT2D eigenvalue weighted by atomic mass is 31.2. The van der Waals surface area contributed by atoms with Crippen LogP contribution in [-0.4, -0.2) is 28.7 Å². The van der Waals surface area contributed by atoms with Crippen LogP contribution in [0.3, 0.4) is 0 Å². The summed E-state index contributed by atoms with van der Waals surface area (Å²) in [5, 5.41) is 2.54. The molecule has 0 aliphatic carbocycles. The average Bonchev–Trinajstić information content (AvgIpc) is 1.59. The van der Waals surface area contributed by atoms with Gasteiger partial charge in [-0.05, 0) is 6.92 Å². The minimum atomic E-state index is -3.89. The Morgan fingerprint density at radius 1 is 1.70 bits per heavy atom. The van der Waals surface area contributed by atoms with Crippen LogP contribution in [-0.2, 0) is 4.57 Å². The first-order valence-electron chi connectivity index (χ1n) is 2.92. The van der Waals surface area contributed by atoms with Crippen molar-refractivity contribution in [2.24, 2.45) is 5.73 Å². The van der Waals surface area contributed by atoms with E-state index >= 15 is 0 Å². The zero-order chi connectivity index (χ0) is 8.20. The fourth-order valence-corrected chi connectivity index (χ4v) is 0.858. The van der Waals surface area contributed by atoms with Gasteiger partial charge in [0, 0.05) is 12.6 Å². The Morgan fingerprint density at radius 2 is 2.20 bits per heavy atom. The van der Waals surface area contributed by atoms with Gasteiger partial charge < -0.3 is 20.8 Å². The normalized spacial score (nSPS) is 15.2. The fourth-order valence-electron chi connectivity index (χ4n) is 0.438. The molecule has 1 atom stereocenters. The molecule has 1 unspecified atom stereocenters. The molecule has 0 bridgehead atoms. The molecule has 0 saturated carbocycles. The number of nitrogens with one attached hydrogen (secondary N) is 1. The van der Waals surface area contributed by atoms with Gasteiger partial charge in [-0.1, -0.05) is 0 Å². The molecule has 0 fully saturated rings. The predicted octanol–water partition coefficient (Wildman–Crippen LogP) is -0.942. The molecule has 62 valence electrons. The number of nitrogens with two attached hydrogens (primary N) is 1. The van der Waals surface area contributed by atoms with Gasteiger partial charge in [0.05, 0.1) is 6.29 Å². The molecule has 0 heterocycles. The molecule has 0 rings (SSSR count). The van der Waals surface area contributed by atoms with Gasteiger partial charge in [0.1, 0.15) is 0 Å². The van der Waals surface area contributed by atoms with Crippen LogP contribution in [0.25, 0.3) is 0 Å². The molecule has 5 nitrogen and oxygen atoms in total. The van der Waals surface area contributed by atoms with Crippen LogP contribution in [0, 0.1) is 0 Å². The summed E-state index contributed by atoms with van der Waals surface area (Å²) in [6, 6.07) is -0.0773. The highest BCUT2D eigenvalue weighted by molar-refractivity contribution is 7.51. The SMILES string of the molecule is CC(N)CNCP(=O)(O)O. The third-order valence-electron chi connectivity index (χ3n) is 0.784. The monoisotopic (exact) mass is 168 g/mol. The maximum Gasteiger partial charge on any atom is 0.339 e. The van der Waals surface area contributed by atoms with Crippen molar-refractivity contribution in [3.63, 3.8) is 0 Å². The summed E-state index contributed by atoms with van der Waals surface area (Å²) in [6.45, 7) is 2.18. The molecule has 0 saturated heterocycles. The van der Waals surface area contributed by atoms with Gasteiger partial charge in [-0.15, -0.1) is 0 Å². The largest absolute Gasteiger partial charge is 0.339 e. The van der Waals surface area contributed by atoms with Gasteiger partial charge in [-0.2, -0.15) is 0 Å². The maximum absolute atomic E-state index is 10.2. The molecule has 0 aromatic rings. The Morgan fingerprint density at radius 3 is 2.50 bits per heavy atom.